The Morgan fingerprint density at radius 1 is 1.10 bits per heavy atom. The van der Waals surface area contributed by atoms with Crippen LogP contribution in [0.15, 0.2) is 48.5 Å². The molecule has 2 aromatic carbocycles. The third kappa shape index (κ3) is 3.26. The van der Waals surface area contributed by atoms with E-state index in [1.54, 1.807) is 0 Å². The summed E-state index contributed by atoms with van der Waals surface area (Å²) in [6.45, 7) is 4.33. The smallest absolute Gasteiger partial charge is 0.306 e. The van der Waals surface area contributed by atoms with E-state index in [1.165, 1.54) is 18.2 Å². The average Bonchev–Trinajstić information content (AvgIpc) is 3.29. The highest BCUT2D eigenvalue weighted by Gasteiger charge is 2.45. The summed E-state index contributed by atoms with van der Waals surface area (Å²) in [5, 5.41) is 0. The Hall–Kier alpha value is -2.66. The highest BCUT2D eigenvalue weighted by atomic mass is 16.5. The molecule has 0 spiro atoms. The van der Waals surface area contributed by atoms with E-state index in [4.69, 9.17) is 4.74 Å². The van der Waals surface area contributed by atoms with Gasteiger partial charge in [-0.2, -0.15) is 0 Å². The zero-order valence-electron chi connectivity index (χ0n) is 18.3. The van der Waals surface area contributed by atoms with Crippen molar-refractivity contribution in [2.45, 2.75) is 56.5 Å². The summed E-state index contributed by atoms with van der Waals surface area (Å²) in [6, 6.07) is 16.9. The van der Waals surface area contributed by atoms with Crippen LogP contribution >= 0.6 is 0 Å². The zero-order chi connectivity index (χ0) is 21.6. The first-order valence-electron chi connectivity index (χ1n) is 11.3. The Labute approximate surface area is 184 Å². The molecule has 2 atom stereocenters. The molecule has 1 saturated heterocycles. The quantitative estimate of drug-likeness (QED) is 0.704. The van der Waals surface area contributed by atoms with E-state index >= 15 is 0 Å². The van der Waals surface area contributed by atoms with Crippen molar-refractivity contribution in [1.82, 2.24) is 4.90 Å². The van der Waals surface area contributed by atoms with Crippen LogP contribution in [-0.4, -0.2) is 43.0 Å². The molecule has 31 heavy (non-hydrogen) atoms. The van der Waals surface area contributed by atoms with Crippen LogP contribution in [-0.2, 0) is 26.3 Å². The number of piperidine rings is 1. The standard InChI is InChI=1S/C26H30N2O3/c1-26(14-11-18-7-3-5-9-22(18)26)27-15-12-19(13-16-27)28-23-10-6-4-8-20(23)21(25(28)30)17-24(29)31-2/h3-10,19,21H,11-17H2,1-2H3. The lowest BCUT2D eigenvalue weighted by molar-refractivity contribution is -0.142. The fraction of sp³-hybridized carbons (Fsp3) is 0.462. The molecule has 0 saturated carbocycles. The normalized spacial score (nSPS) is 26.1. The zero-order valence-corrected chi connectivity index (χ0v) is 18.3. The molecule has 5 heteroatoms. The molecule has 2 unspecified atom stereocenters. The second-order valence-electron chi connectivity index (χ2n) is 9.25. The van der Waals surface area contributed by atoms with Crippen LogP contribution in [0.25, 0.3) is 0 Å². The number of nitrogens with zero attached hydrogens (tertiary/aromatic N) is 2. The van der Waals surface area contributed by atoms with E-state index in [9.17, 15) is 9.59 Å². The predicted molar refractivity (Wildman–Crippen MR) is 120 cm³/mol. The molecule has 0 bridgehead atoms. The van der Waals surface area contributed by atoms with Gasteiger partial charge in [-0.05, 0) is 55.4 Å². The monoisotopic (exact) mass is 418 g/mol. The van der Waals surface area contributed by atoms with Crippen LogP contribution in [0.3, 0.4) is 0 Å². The second-order valence-corrected chi connectivity index (χ2v) is 9.25. The molecule has 2 aromatic rings. The average molecular weight is 419 g/mol. The number of carbonyl (C=O) groups excluding carboxylic acids is 2. The number of para-hydroxylation sites is 1. The highest BCUT2D eigenvalue weighted by Crippen LogP contribution is 2.45. The number of rotatable bonds is 4. The predicted octanol–water partition coefficient (Wildman–Crippen LogP) is 4.01. The van der Waals surface area contributed by atoms with Gasteiger partial charge in [-0.15, -0.1) is 0 Å². The Bertz CT molecular complexity index is 1010. The number of anilines is 1. The summed E-state index contributed by atoms with van der Waals surface area (Å²) < 4.78 is 4.85. The number of hydrogen-bond acceptors (Lipinski definition) is 4. The van der Waals surface area contributed by atoms with Crippen molar-refractivity contribution >= 4 is 17.6 Å². The van der Waals surface area contributed by atoms with Gasteiger partial charge in [0.15, 0.2) is 0 Å². The van der Waals surface area contributed by atoms with Crippen molar-refractivity contribution in [3.05, 3.63) is 65.2 Å². The third-order valence-corrected chi connectivity index (χ3v) is 7.71. The van der Waals surface area contributed by atoms with Crippen LogP contribution in [0.4, 0.5) is 5.69 Å². The number of fused-ring (bicyclic) bond motifs is 2. The molecule has 1 fully saturated rings. The van der Waals surface area contributed by atoms with Crippen molar-refractivity contribution in [2.24, 2.45) is 0 Å². The number of likely N-dealkylation sites (tertiary alicyclic amines) is 1. The molecule has 2 aliphatic heterocycles. The van der Waals surface area contributed by atoms with Gasteiger partial charge in [0.2, 0.25) is 5.91 Å². The number of hydrogen-bond donors (Lipinski definition) is 0. The molecule has 2 heterocycles. The van der Waals surface area contributed by atoms with Crippen molar-refractivity contribution in [3.8, 4) is 0 Å². The lowest BCUT2D eigenvalue weighted by atomic mass is 9.88. The maximum absolute atomic E-state index is 13.4. The van der Waals surface area contributed by atoms with Gasteiger partial charge < -0.3 is 9.64 Å². The minimum absolute atomic E-state index is 0.0440. The lowest BCUT2D eigenvalue weighted by Gasteiger charge is -2.45. The van der Waals surface area contributed by atoms with Crippen molar-refractivity contribution in [3.63, 3.8) is 0 Å². The van der Waals surface area contributed by atoms with E-state index in [-0.39, 0.29) is 29.9 Å². The number of ether oxygens (including phenoxy) is 1. The van der Waals surface area contributed by atoms with Crippen molar-refractivity contribution in [1.29, 1.82) is 0 Å². The molecule has 0 aromatic heterocycles. The Morgan fingerprint density at radius 3 is 2.58 bits per heavy atom. The van der Waals surface area contributed by atoms with Crippen LogP contribution in [0.1, 0.15) is 55.2 Å². The molecule has 1 aliphatic carbocycles. The molecule has 0 N–H and O–H groups in total. The van der Waals surface area contributed by atoms with E-state index in [1.807, 2.05) is 29.2 Å². The fourth-order valence-corrected chi connectivity index (χ4v) is 5.97. The molecule has 3 aliphatic rings. The summed E-state index contributed by atoms with van der Waals surface area (Å²) in [5.41, 5.74) is 4.95. The molecular formula is C26H30N2O3. The summed E-state index contributed by atoms with van der Waals surface area (Å²) in [7, 11) is 1.38. The van der Waals surface area contributed by atoms with Crippen LogP contribution < -0.4 is 4.90 Å². The first-order chi connectivity index (χ1) is 15.0. The number of carbonyl (C=O) groups is 2. The summed E-state index contributed by atoms with van der Waals surface area (Å²) in [4.78, 5) is 29.9. The molecule has 5 rings (SSSR count). The lowest BCUT2D eigenvalue weighted by Crippen LogP contribution is -2.52. The molecule has 1 amide bonds. The summed E-state index contributed by atoms with van der Waals surface area (Å²) in [5.74, 6) is -0.721. The Balaban J connectivity index is 1.34. The molecular weight excluding hydrogens is 388 g/mol. The number of methoxy groups -OCH3 is 1. The van der Waals surface area contributed by atoms with Crippen molar-refractivity contribution < 1.29 is 14.3 Å². The van der Waals surface area contributed by atoms with E-state index in [0.29, 0.717) is 0 Å². The minimum atomic E-state index is -0.430. The van der Waals surface area contributed by atoms with Crippen LogP contribution in [0, 0.1) is 0 Å². The Morgan fingerprint density at radius 2 is 1.81 bits per heavy atom. The maximum Gasteiger partial charge on any atom is 0.306 e. The van der Waals surface area contributed by atoms with E-state index < -0.39 is 5.92 Å². The Kier molecular flexibility index (Phi) is 5.09. The SMILES string of the molecule is COC(=O)CC1C(=O)N(C2CCN(C3(C)CCc4ccccc43)CC2)c2ccccc21. The summed E-state index contributed by atoms with van der Waals surface area (Å²) >= 11 is 0. The number of aryl methyl sites for hydroxylation is 1. The largest absolute Gasteiger partial charge is 0.469 e. The van der Waals surface area contributed by atoms with Gasteiger partial charge in [0.25, 0.3) is 0 Å². The van der Waals surface area contributed by atoms with E-state index in [0.717, 1.165) is 50.0 Å². The first kappa shape index (κ1) is 20.3. The fourth-order valence-electron chi connectivity index (χ4n) is 5.97. The van der Waals surface area contributed by atoms with Gasteiger partial charge in [0.1, 0.15) is 0 Å². The number of amides is 1. The highest BCUT2D eigenvalue weighted by molar-refractivity contribution is 6.06. The van der Waals surface area contributed by atoms with Crippen LogP contribution in [0.5, 0.6) is 0 Å². The molecule has 0 radical (unpaired) electrons. The summed E-state index contributed by atoms with van der Waals surface area (Å²) in [6.07, 6.45) is 4.30. The maximum atomic E-state index is 13.4. The van der Waals surface area contributed by atoms with Gasteiger partial charge >= 0.3 is 5.97 Å². The minimum Gasteiger partial charge on any atom is -0.469 e. The first-order valence-corrected chi connectivity index (χ1v) is 11.3. The number of benzene rings is 2. The van der Waals surface area contributed by atoms with Gasteiger partial charge in [-0.1, -0.05) is 42.5 Å². The molecule has 5 nitrogen and oxygen atoms in total. The van der Waals surface area contributed by atoms with Crippen LogP contribution in [0.2, 0.25) is 0 Å². The van der Waals surface area contributed by atoms with Gasteiger partial charge in [0.05, 0.1) is 19.4 Å². The van der Waals surface area contributed by atoms with E-state index in [2.05, 4.69) is 36.1 Å². The number of esters is 1. The van der Waals surface area contributed by atoms with Gasteiger partial charge in [-0.25, -0.2) is 0 Å². The topological polar surface area (TPSA) is 49.9 Å². The van der Waals surface area contributed by atoms with Crippen molar-refractivity contribution in [2.75, 3.05) is 25.1 Å². The van der Waals surface area contributed by atoms with Gasteiger partial charge in [0, 0.05) is 30.4 Å². The third-order valence-electron chi connectivity index (χ3n) is 7.71. The second kappa shape index (κ2) is 7.79. The molecule has 162 valence electrons. The van der Waals surface area contributed by atoms with Gasteiger partial charge in [-0.3, -0.25) is 14.5 Å².